The van der Waals surface area contributed by atoms with Crippen LogP contribution < -0.4 is 15.5 Å². The van der Waals surface area contributed by atoms with Crippen molar-refractivity contribution in [2.24, 2.45) is 5.10 Å². The third kappa shape index (κ3) is 8.00. The monoisotopic (exact) mass is 477 g/mol. The van der Waals surface area contributed by atoms with Crippen LogP contribution in [0.15, 0.2) is 58.8 Å². The Balaban J connectivity index is 1.45. The van der Waals surface area contributed by atoms with Gasteiger partial charge in [-0.05, 0) is 74.7 Å². The molecule has 0 aliphatic rings. The number of anilines is 1. The number of aryl methyl sites for hydroxylation is 4. The van der Waals surface area contributed by atoms with Crippen molar-refractivity contribution in [1.29, 1.82) is 0 Å². The first-order valence-corrected chi connectivity index (χ1v) is 11.6. The standard InChI is InChI=1S/C25H27N5O3S/c1-16-8-9-21(10-17(16)2)29-23(31)14-33-22-7-5-6-20(12-22)13-26-30-24(32)15-34-25-27-18(3)11-19(4)28-25/h5-13H,14-15H2,1-4H3,(H,29,31)(H,30,32)/b26-13-. The lowest BCUT2D eigenvalue weighted by molar-refractivity contribution is -0.119. The molecule has 2 N–H and O–H groups in total. The minimum Gasteiger partial charge on any atom is -0.484 e. The van der Waals surface area contributed by atoms with Gasteiger partial charge in [0, 0.05) is 17.1 Å². The number of ether oxygens (including phenoxy) is 1. The number of nitrogens with zero attached hydrogens (tertiary/aromatic N) is 3. The molecule has 0 aliphatic heterocycles. The lowest BCUT2D eigenvalue weighted by atomic mass is 10.1. The summed E-state index contributed by atoms with van der Waals surface area (Å²) in [6, 6.07) is 14.7. The molecule has 8 nitrogen and oxygen atoms in total. The quantitative estimate of drug-likeness (QED) is 0.209. The molecule has 0 saturated heterocycles. The lowest BCUT2D eigenvalue weighted by Crippen LogP contribution is -2.20. The smallest absolute Gasteiger partial charge is 0.262 e. The van der Waals surface area contributed by atoms with Gasteiger partial charge in [-0.3, -0.25) is 9.59 Å². The third-order valence-corrected chi connectivity index (χ3v) is 5.56. The summed E-state index contributed by atoms with van der Waals surface area (Å²) < 4.78 is 5.59. The van der Waals surface area contributed by atoms with Crippen LogP contribution in [0.25, 0.3) is 0 Å². The molecule has 0 aliphatic carbocycles. The molecule has 2 amide bonds. The van der Waals surface area contributed by atoms with E-state index < -0.39 is 0 Å². The molecule has 3 aromatic rings. The molecule has 3 rings (SSSR count). The first-order chi connectivity index (χ1) is 16.3. The van der Waals surface area contributed by atoms with Crippen molar-refractivity contribution in [2.45, 2.75) is 32.9 Å². The summed E-state index contributed by atoms with van der Waals surface area (Å²) in [7, 11) is 0. The van der Waals surface area contributed by atoms with Gasteiger partial charge in [-0.1, -0.05) is 30.0 Å². The fraction of sp³-hybridized carbons (Fsp3) is 0.240. The summed E-state index contributed by atoms with van der Waals surface area (Å²) in [4.78, 5) is 32.8. The van der Waals surface area contributed by atoms with Gasteiger partial charge in [0.15, 0.2) is 11.8 Å². The first-order valence-electron chi connectivity index (χ1n) is 10.7. The summed E-state index contributed by atoms with van der Waals surface area (Å²) in [6.45, 7) is 7.67. The van der Waals surface area contributed by atoms with Crippen LogP contribution in [0.3, 0.4) is 0 Å². The van der Waals surface area contributed by atoms with Gasteiger partial charge in [-0.2, -0.15) is 5.10 Å². The predicted molar refractivity (Wildman–Crippen MR) is 134 cm³/mol. The van der Waals surface area contributed by atoms with Crippen LogP contribution in [0.5, 0.6) is 5.75 Å². The Labute approximate surface area is 203 Å². The largest absolute Gasteiger partial charge is 0.484 e. The van der Waals surface area contributed by atoms with Gasteiger partial charge in [0.25, 0.3) is 11.8 Å². The van der Waals surface area contributed by atoms with Gasteiger partial charge >= 0.3 is 0 Å². The van der Waals surface area contributed by atoms with E-state index in [1.807, 2.05) is 58.0 Å². The average Bonchev–Trinajstić information content (AvgIpc) is 2.78. The highest BCUT2D eigenvalue weighted by atomic mass is 32.2. The van der Waals surface area contributed by atoms with E-state index in [4.69, 9.17) is 4.74 Å². The molecule has 2 aromatic carbocycles. The molecule has 176 valence electrons. The molecular formula is C25H27N5O3S. The number of carbonyl (C=O) groups is 2. The fourth-order valence-corrected chi connectivity index (χ4v) is 3.69. The van der Waals surface area contributed by atoms with Gasteiger partial charge in [-0.25, -0.2) is 15.4 Å². The SMILES string of the molecule is Cc1cc(C)nc(SCC(=O)N/N=C\c2cccc(OCC(=O)Nc3ccc(C)c(C)c3)c2)n1. The van der Waals surface area contributed by atoms with Gasteiger partial charge in [-0.15, -0.1) is 0 Å². The number of benzene rings is 2. The molecule has 9 heteroatoms. The Morgan fingerprint density at radius 1 is 0.971 bits per heavy atom. The van der Waals surface area contributed by atoms with Crippen LogP contribution in [-0.4, -0.2) is 40.4 Å². The van der Waals surface area contributed by atoms with E-state index in [0.717, 1.165) is 33.8 Å². The number of aromatic nitrogens is 2. The van der Waals surface area contributed by atoms with Crippen LogP contribution in [0.1, 0.15) is 28.1 Å². The number of rotatable bonds is 9. The van der Waals surface area contributed by atoms with Gasteiger partial charge < -0.3 is 10.1 Å². The van der Waals surface area contributed by atoms with E-state index in [1.54, 1.807) is 18.2 Å². The summed E-state index contributed by atoms with van der Waals surface area (Å²) in [6.07, 6.45) is 1.51. The number of hydrogen-bond acceptors (Lipinski definition) is 7. The lowest BCUT2D eigenvalue weighted by Gasteiger charge is -2.09. The van der Waals surface area contributed by atoms with Crippen LogP contribution >= 0.6 is 11.8 Å². The maximum atomic E-state index is 12.2. The van der Waals surface area contributed by atoms with Crippen molar-refractivity contribution in [3.8, 4) is 5.75 Å². The maximum Gasteiger partial charge on any atom is 0.262 e. The average molecular weight is 478 g/mol. The van der Waals surface area contributed by atoms with Crippen molar-refractivity contribution in [3.63, 3.8) is 0 Å². The summed E-state index contributed by atoms with van der Waals surface area (Å²) in [5.41, 5.74) is 7.93. The van der Waals surface area contributed by atoms with Crippen molar-refractivity contribution in [3.05, 3.63) is 76.6 Å². The minimum atomic E-state index is -0.264. The highest BCUT2D eigenvalue weighted by molar-refractivity contribution is 7.99. The molecule has 0 unspecified atom stereocenters. The third-order valence-electron chi connectivity index (χ3n) is 4.72. The van der Waals surface area contributed by atoms with Crippen molar-refractivity contribution < 1.29 is 14.3 Å². The van der Waals surface area contributed by atoms with Gasteiger partial charge in [0.05, 0.1) is 12.0 Å². The Morgan fingerprint density at radius 2 is 1.74 bits per heavy atom. The fourth-order valence-electron chi connectivity index (χ4n) is 2.95. The Bertz CT molecular complexity index is 1190. The van der Waals surface area contributed by atoms with E-state index >= 15 is 0 Å². The number of hydrogen-bond donors (Lipinski definition) is 2. The van der Waals surface area contributed by atoms with Crippen LogP contribution in [0, 0.1) is 27.7 Å². The molecule has 1 aromatic heterocycles. The predicted octanol–water partition coefficient (Wildman–Crippen LogP) is 3.97. The van der Waals surface area contributed by atoms with Crippen molar-refractivity contribution >= 4 is 35.5 Å². The Hall–Kier alpha value is -3.72. The number of thioether (sulfide) groups is 1. The molecular weight excluding hydrogens is 450 g/mol. The number of hydrazone groups is 1. The normalized spacial score (nSPS) is 10.8. The van der Waals surface area contributed by atoms with Crippen LogP contribution in [-0.2, 0) is 9.59 Å². The Kier molecular flexibility index (Phi) is 8.75. The van der Waals surface area contributed by atoms with Crippen molar-refractivity contribution in [2.75, 3.05) is 17.7 Å². The van der Waals surface area contributed by atoms with Gasteiger partial charge in [0.2, 0.25) is 0 Å². The molecule has 34 heavy (non-hydrogen) atoms. The zero-order valence-corrected chi connectivity index (χ0v) is 20.4. The van der Waals surface area contributed by atoms with Crippen molar-refractivity contribution in [1.82, 2.24) is 15.4 Å². The van der Waals surface area contributed by atoms with E-state index in [0.29, 0.717) is 10.9 Å². The van der Waals surface area contributed by atoms with Gasteiger partial charge in [0.1, 0.15) is 5.75 Å². The highest BCUT2D eigenvalue weighted by Crippen LogP contribution is 2.16. The van der Waals surface area contributed by atoms with E-state index in [1.165, 1.54) is 18.0 Å². The zero-order valence-electron chi connectivity index (χ0n) is 19.6. The second kappa shape index (κ2) is 11.9. The number of carbonyl (C=O) groups excluding carboxylic acids is 2. The van der Waals surface area contributed by atoms with E-state index in [9.17, 15) is 9.59 Å². The molecule has 1 heterocycles. The first kappa shape index (κ1) is 24.9. The highest BCUT2D eigenvalue weighted by Gasteiger charge is 2.07. The maximum absolute atomic E-state index is 12.2. The molecule has 0 fully saturated rings. The zero-order chi connectivity index (χ0) is 24.5. The molecule has 0 bridgehead atoms. The van der Waals surface area contributed by atoms with Crippen LogP contribution in [0.2, 0.25) is 0 Å². The Morgan fingerprint density at radius 3 is 2.47 bits per heavy atom. The topological polar surface area (TPSA) is 106 Å². The second-order valence-corrected chi connectivity index (χ2v) is 8.67. The van der Waals surface area contributed by atoms with E-state index in [-0.39, 0.29) is 24.2 Å². The molecule has 0 atom stereocenters. The number of nitrogens with one attached hydrogen (secondary N) is 2. The van der Waals surface area contributed by atoms with E-state index in [2.05, 4.69) is 25.8 Å². The molecule has 0 saturated carbocycles. The molecule has 0 radical (unpaired) electrons. The molecule has 0 spiro atoms. The number of amides is 2. The summed E-state index contributed by atoms with van der Waals surface area (Å²) >= 11 is 1.25. The van der Waals surface area contributed by atoms with Crippen LogP contribution in [0.4, 0.5) is 5.69 Å². The summed E-state index contributed by atoms with van der Waals surface area (Å²) in [5, 5.41) is 7.36. The second-order valence-electron chi connectivity index (χ2n) is 7.72. The minimum absolute atomic E-state index is 0.123. The summed E-state index contributed by atoms with van der Waals surface area (Å²) in [5.74, 6) is 0.159.